The topological polar surface area (TPSA) is 92.7 Å². The van der Waals surface area contributed by atoms with Gasteiger partial charge >= 0.3 is 0 Å². The van der Waals surface area contributed by atoms with Crippen LogP contribution in [0.25, 0.3) is 22.3 Å². The highest BCUT2D eigenvalue weighted by Gasteiger charge is 2.27. The first-order valence-corrected chi connectivity index (χ1v) is 11.7. The second-order valence-electron chi connectivity index (χ2n) is 8.81. The molecule has 2 aliphatic rings. The van der Waals surface area contributed by atoms with Gasteiger partial charge in [0.25, 0.3) is 5.91 Å². The number of amides is 1. The van der Waals surface area contributed by atoms with Crippen LogP contribution >= 0.6 is 13.5 Å². The van der Waals surface area contributed by atoms with Crippen molar-refractivity contribution in [2.45, 2.75) is 25.9 Å². The van der Waals surface area contributed by atoms with Crippen LogP contribution in [-0.2, 0) is 9.47 Å². The molecule has 35 heavy (non-hydrogen) atoms. The molecule has 2 aliphatic heterocycles. The van der Waals surface area contributed by atoms with Crippen molar-refractivity contribution in [1.29, 1.82) is 0 Å². The molecule has 0 aliphatic carbocycles. The monoisotopic (exact) mass is 496 g/mol. The lowest BCUT2D eigenvalue weighted by Gasteiger charge is -2.37. The quantitative estimate of drug-likeness (QED) is 0.589. The van der Waals surface area contributed by atoms with Gasteiger partial charge in [-0.3, -0.25) is 4.79 Å². The van der Waals surface area contributed by atoms with Gasteiger partial charge in [0.2, 0.25) is 5.95 Å². The van der Waals surface area contributed by atoms with Crippen molar-refractivity contribution in [3.63, 3.8) is 0 Å². The zero-order valence-corrected chi connectivity index (χ0v) is 21.3. The molecule has 0 spiro atoms. The van der Waals surface area contributed by atoms with Crippen molar-refractivity contribution in [1.82, 2.24) is 20.3 Å². The SMILES string of the molecule is CNC(=O)c1cccc(-c2ccc3c(N4CCOC[C@@H]4C)nc(N4CCOC[C@@H]4C)nc3n2)c1.S. The van der Waals surface area contributed by atoms with Gasteiger partial charge in [0, 0.05) is 31.3 Å². The lowest BCUT2D eigenvalue weighted by atomic mass is 10.1. The number of ether oxygens (including phenoxy) is 2. The molecule has 1 amide bonds. The Kier molecular flexibility index (Phi) is 7.73. The number of carbonyl (C=O) groups excluding carboxylic acids is 1. The number of carbonyl (C=O) groups is 1. The smallest absolute Gasteiger partial charge is 0.251 e. The van der Waals surface area contributed by atoms with Crippen LogP contribution in [-0.4, -0.2) is 79.5 Å². The minimum absolute atomic E-state index is 0. The highest BCUT2D eigenvalue weighted by Crippen LogP contribution is 2.31. The molecule has 2 atom stereocenters. The Morgan fingerprint density at radius 1 is 0.971 bits per heavy atom. The molecule has 1 N–H and O–H groups in total. The van der Waals surface area contributed by atoms with Gasteiger partial charge in [0.15, 0.2) is 5.65 Å². The summed E-state index contributed by atoms with van der Waals surface area (Å²) in [6.07, 6.45) is 0. The van der Waals surface area contributed by atoms with Gasteiger partial charge in [0.1, 0.15) is 5.82 Å². The summed E-state index contributed by atoms with van der Waals surface area (Å²) in [4.78, 5) is 31.5. The molecule has 0 unspecified atom stereocenters. The number of benzene rings is 1. The van der Waals surface area contributed by atoms with Gasteiger partial charge in [-0.25, -0.2) is 4.98 Å². The maximum atomic E-state index is 12.1. The fraction of sp³-hybridized carbons (Fsp3) is 0.440. The number of hydrogen-bond acceptors (Lipinski definition) is 8. The van der Waals surface area contributed by atoms with Crippen molar-refractivity contribution in [2.24, 2.45) is 0 Å². The van der Waals surface area contributed by atoms with Crippen molar-refractivity contribution >= 4 is 42.2 Å². The van der Waals surface area contributed by atoms with Crippen molar-refractivity contribution in [3.8, 4) is 11.3 Å². The Hall–Kier alpha value is -2.95. The average Bonchev–Trinajstić information content (AvgIpc) is 2.88. The molecular weight excluding hydrogens is 464 g/mol. The third kappa shape index (κ3) is 5.05. The number of anilines is 2. The van der Waals surface area contributed by atoms with E-state index >= 15 is 0 Å². The van der Waals surface area contributed by atoms with Gasteiger partial charge in [-0.05, 0) is 38.1 Å². The maximum absolute atomic E-state index is 12.1. The molecule has 0 radical (unpaired) electrons. The van der Waals surface area contributed by atoms with E-state index in [0.29, 0.717) is 43.6 Å². The van der Waals surface area contributed by atoms with Crippen LogP contribution in [0.1, 0.15) is 24.2 Å². The first-order chi connectivity index (χ1) is 16.5. The lowest BCUT2D eigenvalue weighted by molar-refractivity contribution is 0.0962. The van der Waals surface area contributed by atoms with Crippen LogP contribution in [0.4, 0.5) is 11.8 Å². The normalized spacial score (nSPS) is 20.4. The van der Waals surface area contributed by atoms with Crippen molar-refractivity contribution in [3.05, 3.63) is 42.0 Å². The number of nitrogens with zero attached hydrogens (tertiary/aromatic N) is 5. The molecule has 2 fully saturated rings. The summed E-state index contributed by atoms with van der Waals surface area (Å²) in [6.45, 7) is 8.39. The van der Waals surface area contributed by atoms with E-state index in [1.807, 2.05) is 30.3 Å². The van der Waals surface area contributed by atoms with E-state index in [0.717, 1.165) is 35.6 Å². The Morgan fingerprint density at radius 3 is 2.37 bits per heavy atom. The minimum atomic E-state index is -0.128. The molecule has 2 saturated heterocycles. The molecule has 9 nitrogen and oxygen atoms in total. The molecule has 3 aromatic rings. The molecule has 2 aromatic heterocycles. The number of hydrogen-bond donors (Lipinski definition) is 1. The highest BCUT2D eigenvalue weighted by atomic mass is 32.1. The molecule has 0 saturated carbocycles. The molecule has 1 aromatic carbocycles. The van der Waals surface area contributed by atoms with Crippen molar-refractivity contribution in [2.75, 3.05) is 56.4 Å². The second-order valence-corrected chi connectivity index (χ2v) is 8.81. The zero-order valence-electron chi connectivity index (χ0n) is 20.3. The van der Waals surface area contributed by atoms with E-state index in [9.17, 15) is 4.79 Å². The van der Waals surface area contributed by atoms with Crippen LogP contribution in [0.2, 0.25) is 0 Å². The molecular formula is C25H32N6O3S. The van der Waals surface area contributed by atoms with Gasteiger partial charge < -0.3 is 24.6 Å². The number of fused-ring (bicyclic) bond motifs is 1. The van der Waals surface area contributed by atoms with Gasteiger partial charge in [0.05, 0.1) is 49.6 Å². The number of nitrogens with one attached hydrogen (secondary N) is 1. The summed E-state index contributed by atoms with van der Waals surface area (Å²) in [7, 11) is 1.63. The fourth-order valence-corrected chi connectivity index (χ4v) is 4.52. The lowest BCUT2D eigenvalue weighted by Crippen LogP contribution is -2.46. The summed E-state index contributed by atoms with van der Waals surface area (Å²) < 4.78 is 11.3. The van der Waals surface area contributed by atoms with E-state index in [4.69, 9.17) is 24.4 Å². The molecule has 5 rings (SSSR count). The number of rotatable bonds is 4. The largest absolute Gasteiger partial charge is 0.377 e. The predicted molar refractivity (Wildman–Crippen MR) is 142 cm³/mol. The average molecular weight is 497 g/mol. The molecule has 0 bridgehead atoms. The van der Waals surface area contributed by atoms with Gasteiger partial charge in [-0.2, -0.15) is 23.5 Å². The van der Waals surface area contributed by atoms with E-state index in [2.05, 4.69) is 29.0 Å². The highest BCUT2D eigenvalue weighted by molar-refractivity contribution is 7.59. The first-order valence-electron chi connectivity index (χ1n) is 11.7. The number of aromatic nitrogens is 3. The van der Waals surface area contributed by atoms with Crippen LogP contribution in [0.15, 0.2) is 36.4 Å². The van der Waals surface area contributed by atoms with E-state index in [-0.39, 0.29) is 31.5 Å². The second kappa shape index (κ2) is 10.8. The van der Waals surface area contributed by atoms with Crippen LogP contribution in [0.3, 0.4) is 0 Å². The van der Waals surface area contributed by atoms with Crippen LogP contribution < -0.4 is 15.1 Å². The van der Waals surface area contributed by atoms with Gasteiger partial charge in [-0.15, -0.1) is 0 Å². The minimum Gasteiger partial charge on any atom is -0.377 e. The standard InChI is InChI=1S/C25H30N6O3.H2S/c1-16-14-33-11-9-30(16)23-20-7-8-21(18-5-4-6-19(13-18)24(32)26-3)27-22(20)28-25(29-23)31-10-12-34-15-17(31)2;/h4-8,13,16-17H,9-12,14-15H2,1-3H3,(H,26,32);1H2/t16-,17-;/m0./s1. The van der Waals surface area contributed by atoms with Crippen LogP contribution in [0.5, 0.6) is 0 Å². The van der Waals surface area contributed by atoms with Crippen molar-refractivity contribution < 1.29 is 14.3 Å². The Morgan fingerprint density at radius 2 is 1.69 bits per heavy atom. The predicted octanol–water partition coefficient (Wildman–Crippen LogP) is 2.61. The maximum Gasteiger partial charge on any atom is 0.251 e. The molecule has 186 valence electrons. The summed E-state index contributed by atoms with van der Waals surface area (Å²) >= 11 is 0. The third-order valence-corrected chi connectivity index (χ3v) is 6.44. The number of morpholine rings is 2. The van der Waals surface area contributed by atoms with E-state index in [1.54, 1.807) is 13.1 Å². The van der Waals surface area contributed by atoms with Gasteiger partial charge in [-0.1, -0.05) is 12.1 Å². The third-order valence-electron chi connectivity index (χ3n) is 6.44. The fourth-order valence-electron chi connectivity index (χ4n) is 4.52. The van der Waals surface area contributed by atoms with E-state index < -0.39 is 0 Å². The summed E-state index contributed by atoms with van der Waals surface area (Å²) in [5, 5.41) is 3.58. The zero-order chi connectivity index (χ0) is 23.7. The molecule has 4 heterocycles. The first kappa shape index (κ1) is 25.2. The Labute approximate surface area is 212 Å². The Bertz CT molecular complexity index is 1210. The summed E-state index contributed by atoms with van der Waals surface area (Å²) in [6, 6.07) is 11.9. The summed E-state index contributed by atoms with van der Waals surface area (Å²) in [5.74, 6) is 1.42. The van der Waals surface area contributed by atoms with Crippen LogP contribution in [0, 0.1) is 0 Å². The molecule has 10 heteroatoms. The Balaban J connectivity index is 0.00000289. The van der Waals surface area contributed by atoms with E-state index in [1.165, 1.54) is 0 Å². The number of pyridine rings is 1. The summed E-state index contributed by atoms with van der Waals surface area (Å²) in [5.41, 5.74) is 2.86.